The van der Waals surface area contributed by atoms with E-state index in [1.165, 1.54) is 22.5 Å². The van der Waals surface area contributed by atoms with Crippen LogP contribution in [0.4, 0.5) is 0 Å². The Hall–Kier alpha value is -2.86. The number of aromatic nitrogens is 1. The lowest BCUT2D eigenvalue weighted by Gasteiger charge is -2.35. The van der Waals surface area contributed by atoms with Crippen molar-refractivity contribution in [3.8, 4) is 22.1 Å². The Morgan fingerprint density at radius 3 is 2.48 bits per heavy atom. The maximum absolute atomic E-state index is 13.5. The fourth-order valence-electron chi connectivity index (χ4n) is 4.15. The molecule has 1 aliphatic rings. The second kappa shape index (κ2) is 8.71. The Balaban J connectivity index is 1.62. The third-order valence-corrected chi connectivity index (χ3v) is 7.24. The molecule has 2 heterocycles. The molecule has 2 aromatic carbocycles. The monoisotopic (exact) mass is 436 g/mol. The highest BCUT2D eigenvalue weighted by atomic mass is 32.1. The lowest BCUT2D eigenvalue weighted by molar-refractivity contribution is 0.0681. The molecule has 0 aliphatic carbocycles. The molecule has 0 radical (unpaired) electrons. The molecule has 0 saturated carbocycles. The normalized spacial score (nSPS) is 15.5. The van der Waals surface area contributed by atoms with Gasteiger partial charge in [0.1, 0.15) is 9.88 Å². The summed E-state index contributed by atoms with van der Waals surface area (Å²) in [5.41, 5.74) is 5.44. The maximum Gasteiger partial charge on any atom is 0.266 e. The molecule has 0 fully saturated rings. The van der Waals surface area contributed by atoms with E-state index in [1.54, 1.807) is 14.2 Å². The van der Waals surface area contributed by atoms with Crippen molar-refractivity contribution >= 4 is 17.2 Å². The summed E-state index contributed by atoms with van der Waals surface area (Å²) in [6, 6.07) is 12.4. The van der Waals surface area contributed by atoms with E-state index < -0.39 is 0 Å². The standard InChI is InChI=1S/C25H28N2O3S/c1-6-17-7-9-18(10-8-17)24-26-15(2)23(31-24)25(28)27-12-11-19-13-21(29-4)22(30-5)14-20(19)16(27)3/h7-10,13-14,16H,6,11-12H2,1-5H3/t16-/m0/s1. The molecule has 5 nitrogen and oxygen atoms in total. The van der Waals surface area contributed by atoms with Gasteiger partial charge < -0.3 is 14.4 Å². The average molecular weight is 437 g/mol. The van der Waals surface area contributed by atoms with Gasteiger partial charge in [-0.1, -0.05) is 31.2 Å². The molecular formula is C25H28N2O3S. The highest BCUT2D eigenvalue weighted by Crippen LogP contribution is 2.39. The first kappa shape index (κ1) is 21.4. The first-order valence-electron chi connectivity index (χ1n) is 10.6. The van der Waals surface area contributed by atoms with Crippen LogP contribution >= 0.6 is 11.3 Å². The third-order valence-electron chi connectivity index (χ3n) is 6.05. The van der Waals surface area contributed by atoms with Crippen molar-refractivity contribution in [3.63, 3.8) is 0 Å². The zero-order valence-electron chi connectivity index (χ0n) is 18.7. The van der Waals surface area contributed by atoms with Gasteiger partial charge in [0.25, 0.3) is 5.91 Å². The number of carbonyl (C=O) groups excluding carboxylic acids is 1. The van der Waals surface area contributed by atoms with Crippen LogP contribution in [0.1, 0.15) is 51.9 Å². The lowest BCUT2D eigenvalue weighted by Crippen LogP contribution is -2.38. The van der Waals surface area contributed by atoms with Gasteiger partial charge in [0.15, 0.2) is 11.5 Å². The average Bonchev–Trinajstić information content (AvgIpc) is 3.19. The van der Waals surface area contributed by atoms with E-state index in [0.717, 1.165) is 40.4 Å². The fraction of sp³-hybridized carbons (Fsp3) is 0.360. The molecule has 4 rings (SSSR count). The summed E-state index contributed by atoms with van der Waals surface area (Å²) in [6.45, 7) is 6.80. The number of hydrogen-bond acceptors (Lipinski definition) is 5. The van der Waals surface area contributed by atoms with Crippen LogP contribution in [-0.4, -0.2) is 36.6 Å². The molecule has 0 saturated heterocycles. The first-order valence-corrected chi connectivity index (χ1v) is 11.4. The topological polar surface area (TPSA) is 51.7 Å². The molecule has 162 valence electrons. The van der Waals surface area contributed by atoms with Crippen molar-refractivity contribution in [2.24, 2.45) is 0 Å². The van der Waals surface area contributed by atoms with E-state index >= 15 is 0 Å². The van der Waals surface area contributed by atoms with Gasteiger partial charge in [0.2, 0.25) is 0 Å². The fourth-order valence-corrected chi connectivity index (χ4v) is 5.18. The van der Waals surface area contributed by atoms with Crippen molar-refractivity contribution < 1.29 is 14.3 Å². The molecule has 31 heavy (non-hydrogen) atoms. The SMILES string of the molecule is CCc1ccc(-c2nc(C)c(C(=O)N3CCc4cc(OC)c(OC)cc4[C@@H]3C)s2)cc1. The molecule has 6 heteroatoms. The zero-order chi connectivity index (χ0) is 22.1. The minimum atomic E-state index is -0.0511. The number of nitrogens with zero attached hydrogens (tertiary/aromatic N) is 2. The largest absolute Gasteiger partial charge is 0.493 e. The van der Waals surface area contributed by atoms with Crippen LogP contribution in [0.15, 0.2) is 36.4 Å². The van der Waals surface area contributed by atoms with E-state index in [0.29, 0.717) is 17.2 Å². The van der Waals surface area contributed by atoms with E-state index in [1.807, 2.05) is 24.0 Å². The summed E-state index contributed by atoms with van der Waals surface area (Å²) in [5, 5.41) is 0.889. The van der Waals surface area contributed by atoms with Gasteiger partial charge in [-0.25, -0.2) is 4.98 Å². The maximum atomic E-state index is 13.5. The van der Waals surface area contributed by atoms with Crippen LogP contribution in [0.3, 0.4) is 0 Å². The molecule has 3 aromatic rings. The van der Waals surface area contributed by atoms with Crippen LogP contribution in [0, 0.1) is 6.92 Å². The quantitative estimate of drug-likeness (QED) is 0.533. The first-order chi connectivity index (χ1) is 15.0. The molecule has 0 spiro atoms. The summed E-state index contributed by atoms with van der Waals surface area (Å²) in [4.78, 5) is 20.9. The molecule has 0 bridgehead atoms. The number of hydrogen-bond donors (Lipinski definition) is 0. The molecule has 1 atom stereocenters. The van der Waals surface area contributed by atoms with Crippen LogP contribution in [0.5, 0.6) is 11.5 Å². The molecule has 1 aromatic heterocycles. The number of ether oxygens (including phenoxy) is 2. The summed E-state index contributed by atoms with van der Waals surface area (Å²) >= 11 is 1.48. The lowest BCUT2D eigenvalue weighted by atomic mass is 9.92. The molecule has 1 aliphatic heterocycles. The highest BCUT2D eigenvalue weighted by molar-refractivity contribution is 7.17. The van der Waals surface area contributed by atoms with Gasteiger partial charge in [0, 0.05) is 12.1 Å². The van der Waals surface area contributed by atoms with Gasteiger partial charge in [-0.3, -0.25) is 4.79 Å². The number of fused-ring (bicyclic) bond motifs is 1. The van der Waals surface area contributed by atoms with Crippen LogP contribution in [0.25, 0.3) is 10.6 Å². The minimum Gasteiger partial charge on any atom is -0.493 e. The number of carbonyl (C=O) groups is 1. The van der Waals surface area contributed by atoms with Gasteiger partial charge in [-0.2, -0.15) is 0 Å². The van der Waals surface area contributed by atoms with Gasteiger partial charge in [-0.15, -0.1) is 11.3 Å². The van der Waals surface area contributed by atoms with Crippen molar-refractivity contribution in [1.82, 2.24) is 9.88 Å². The third kappa shape index (κ3) is 3.92. The van der Waals surface area contributed by atoms with Crippen LogP contribution in [0.2, 0.25) is 0 Å². The van der Waals surface area contributed by atoms with E-state index in [4.69, 9.17) is 14.5 Å². The highest BCUT2D eigenvalue weighted by Gasteiger charge is 2.31. The van der Waals surface area contributed by atoms with Gasteiger partial charge in [0.05, 0.1) is 26.0 Å². The Morgan fingerprint density at radius 2 is 1.84 bits per heavy atom. The van der Waals surface area contributed by atoms with Gasteiger partial charge in [-0.05, 0) is 55.5 Å². The smallest absolute Gasteiger partial charge is 0.266 e. The Morgan fingerprint density at radius 1 is 1.16 bits per heavy atom. The summed E-state index contributed by atoms with van der Waals surface area (Å²) in [7, 11) is 3.28. The second-order valence-electron chi connectivity index (χ2n) is 7.81. The van der Waals surface area contributed by atoms with E-state index in [2.05, 4.69) is 38.1 Å². The summed E-state index contributed by atoms with van der Waals surface area (Å²) in [5.74, 6) is 1.46. The van der Waals surface area contributed by atoms with E-state index in [-0.39, 0.29) is 11.9 Å². The van der Waals surface area contributed by atoms with Crippen LogP contribution < -0.4 is 9.47 Å². The van der Waals surface area contributed by atoms with Gasteiger partial charge >= 0.3 is 0 Å². The second-order valence-corrected chi connectivity index (χ2v) is 8.81. The number of amides is 1. The minimum absolute atomic E-state index is 0.0411. The summed E-state index contributed by atoms with van der Waals surface area (Å²) < 4.78 is 10.9. The molecule has 1 amide bonds. The predicted octanol–water partition coefficient (Wildman–Crippen LogP) is 5.46. The molecule has 0 N–H and O–H groups in total. The number of benzene rings is 2. The number of aryl methyl sites for hydroxylation is 2. The molecular weight excluding hydrogens is 408 g/mol. The van der Waals surface area contributed by atoms with Crippen LogP contribution in [-0.2, 0) is 12.8 Å². The molecule has 0 unspecified atom stereocenters. The Kier molecular flexibility index (Phi) is 6.01. The van der Waals surface area contributed by atoms with E-state index in [9.17, 15) is 4.79 Å². The predicted molar refractivity (Wildman–Crippen MR) is 124 cm³/mol. The zero-order valence-corrected chi connectivity index (χ0v) is 19.5. The van der Waals surface area contributed by atoms with Crippen molar-refractivity contribution in [3.05, 3.63) is 63.7 Å². The number of thiazole rings is 1. The van der Waals surface area contributed by atoms with Crippen molar-refractivity contribution in [2.45, 2.75) is 39.7 Å². The van der Waals surface area contributed by atoms with Crippen molar-refractivity contribution in [1.29, 1.82) is 0 Å². The number of methoxy groups -OCH3 is 2. The summed E-state index contributed by atoms with van der Waals surface area (Å²) in [6.07, 6.45) is 1.79. The van der Waals surface area contributed by atoms with Crippen molar-refractivity contribution in [2.75, 3.05) is 20.8 Å². The Labute approximate surface area is 187 Å². The number of rotatable bonds is 5. The Bertz CT molecular complexity index is 1100.